The van der Waals surface area contributed by atoms with Crippen LogP contribution in [0.5, 0.6) is 5.75 Å². The molecule has 24 heavy (non-hydrogen) atoms. The molecule has 3 N–H and O–H groups in total. The van der Waals surface area contributed by atoms with Crippen molar-refractivity contribution in [2.45, 2.75) is 13.8 Å². The molecule has 0 aliphatic rings. The average molecular weight is 328 g/mol. The first kappa shape index (κ1) is 17.8. The Kier molecular flexibility index (Phi) is 6.63. The maximum atomic E-state index is 11.9. The number of hydrogen-bond donors (Lipinski definition) is 3. The van der Waals surface area contributed by atoms with E-state index in [2.05, 4.69) is 16.7 Å². The number of carbonyl (C=O) groups is 1. The molecule has 2 aromatic carbocycles. The highest BCUT2D eigenvalue weighted by atomic mass is 16.5. The third-order valence-corrected chi connectivity index (χ3v) is 3.55. The molecule has 0 atom stereocenters. The van der Waals surface area contributed by atoms with Crippen molar-refractivity contribution in [3.8, 4) is 5.75 Å². The van der Waals surface area contributed by atoms with Gasteiger partial charge in [-0.2, -0.15) is 0 Å². The van der Waals surface area contributed by atoms with Crippen LogP contribution in [0.2, 0.25) is 0 Å². The van der Waals surface area contributed by atoms with Crippen molar-refractivity contribution in [1.82, 2.24) is 5.32 Å². The summed E-state index contributed by atoms with van der Waals surface area (Å²) in [7, 11) is 0. The van der Waals surface area contributed by atoms with Gasteiger partial charge in [0, 0.05) is 24.3 Å². The molecule has 0 unspecified atom stereocenters. The SMILES string of the molecule is Cc1ccc(C)c(OCCNc2cccc(C(=O)NCCO)c2)c1. The minimum Gasteiger partial charge on any atom is -0.491 e. The highest BCUT2D eigenvalue weighted by molar-refractivity contribution is 5.95. The Morgan fingerprint density at radius 3 is 2.75 bits per heavy atom. The monoisotopic (exact) mass is 328 g/mol. The third kappa shape index (κ3) is 5.28. The highest BCUT2D eigenvalue weighted by Gasteiger charge is 2.05. The summed E-state index contributed by atoms with van der Waals surface area (Å²) < 4.78 is 5.80. The lowest BCUT2D eigenvalue weighted by Crippen LogP contribution is -2.26. The summed E-state index contributed by atoms with van der Waals surface area (Å²) in [6, 6.07) is 13.4. The van der Waals surface area contributed by atoms with Crippen LogP contribution < -0.4 is 15.4 Å². The van der Waals surface area contributed by atoms with Gasteiger partial charge in [0.05, 0.1) is 6.61 Å². The molecule has 5 nitrogen and oxygen atoms in total. The second-order valence-electron chi connectivity index (χ2n) is 5.60. The third-order valence-electron chi connectivity index (χ3n) is 3.55. The number of ether oxygens (including phenoxy) is 1. The number of aliphatic hydroxyl groups excluding tert-OH is 1. The van der Waals surface area contributed by atoms with Gasteiger partial charge in [0.25, 0.3) is 5.91 Å². The zero-order chi connectivity index (χ0) is 17.4. The number of nitrogens with one attached hydrogen (secondary N) is 2. The number of benzene rings is 2. The quantitative estimate of drug-likeness (QED) is 0.651. The molecule has 0 aliphatic heterocycles. The van der Waals surface area contributed by atoms with E-state index in [-0.39, 0.29) is 19.1 Å². The number of hydrogen-bond acceptors (Lipinski definition) is 4. The predicted molar refractivity (Wildman–Crippen MR) is 95.8 cm³/mol. The van der Waals surface area contributed by atoms with Gasteiger partial charge in [-0.3, -0.25) is 4.79 Å². The molecule has 2 aromatic rings. The lowest BCUT2D eigenvalue weighted by molar-refractivity contribution is 0.0945. The Balaban J connectivity index is 1.84. The normalized spacial score (nSPS) is 10.3. The fourth-order valence-electron chi connectivity index (χ4n) is 2.26. The number of rotatable bonds is 8. The first-order valence-electron chi connectivity index (χ1n) is 8.03. The van der Waals surface area contributed by atoms with Gasteiger partial charge in [-0.1, -0.05) is 18.2 Å². The molecule has 0 saturated heterocycles. The number of anilines is 1. The van der Waals surface area contributed by atoms with Crippen molar-refractivity contribution in [3.63, 3.8) is 0 Å². The molecule has 0 aromatic heterocycles. The van der Waals surface area contributed by atoms with Crippen LogP contribution in [0.25, 0.3) is 0 Å². The van der Waals surface area contributed by atoms with Crippen molar-refractivity contribution in [3.05, 3.63) is 59.2 Å². The van der Waals surface area contributed by atoms with E-state index >= 15 is 0 Å². The van der Waals surface area contributed by atoms with E-state index < -0.39 is 0 Å². The average Bonchev–Trinajstić information content (AvgIpc) is 2.59. The summed E-state index contributed by atoms with van der Waals surface area (Å²) in [5.41, 5.74) is 3.70. The molecule has 0 aliphatic carbocycles. The number of aryl methyl sites for hydroxylation is 2. The van der Waals surface area contributed by atoms with Gasteiger partial charge in [-0.25, -0.2) is 0 Å². The molecule has 128 valence electrons. The van der Waals surface area contributed by atoms with Crippen molar-refractivity contribution >= 4 is 11.6 Å². The lowest BCUT2D eigenvalue weighted by Gasteiger charge is -2.12. The van der Waals surface area contributed by atoms with Gasteiger partial charge in [0.15, 0.2) is 0 Å². The van der Waals surface area contributed by atoms with E-state index in [0.717, 1.165) is 17.0 Å². The van der Waals surface area contributed by atoms with Gasteiger partial charge in [-0.05, 0) is 49.2 Å². The van der Waals surface area contributed by atoms with Crippen LogP contribution in [0.15, 0.2) is 42.5 Å². The molecule has 0 fully saturated rings. The number of carbonyl (C=O) groups excluding carboxylic acids is 1. The van der Waals surface area contributed by atoms with Gasteiger partial charge in [-0.15, -0.1) is 0 Å². The zero-order valence-corrected chi connectivity index (χ0v) is 14.1. The summed E-state index contributed by atoms with van der Waals surface area (Å²) in [5.74, 6) is 0.702. The van der Waals surface area contributed by atoms with Crippen LogP contribution in [0, 0.1) is 13.8 Å². The lowest BCUT2D eigenvalue weighted by atomic mass is 10.1. The second kappa shape index (κ2) is 8.93. The summed E-state index contributed by atoms with van der Waals surface area (Å²) in [5, 5.41) is 14.6. The number of aliphatic hydroxyl groups is 1. The van der Waals surface area contributed by atoms with Crippen molar-refractivity contribution in [2.24, 2.45) is 0 Å². The molecule has 5 heteroatoms. The molecule has 2 rings (SSSR count). The molecular weight excluding hydrogens is 304 g/mol. The minimum atomic E-state index is -0.195. The van der Waals surface area contributed by atoms with E-state index in [4.69, 9.17) is 9.84 Å². The fraction of sp³-hybridized carbons (Fsp3) is 0.316. The standard InChI is InChI=1S/C19H24N2O3/c1-14-6-7-15(2)18(12-14)24-11-9-20-17-5-3-4-16(13-17)19(23)21-8-10-22/h3-7,12-13,20,22H,8-11H2,1-2H3,(H,21,23). The van der Waals surface area contributed by atoms with E-state index in [1.807, 2.05) is 38.1 Å². The molecule has 0 saturated carbocycles. The topological polar surface area (TPSA) is 70.6 Å². The zero-order valence-electron chi connectivity index (χ0n) is 14.1. The van der Waals surface area contributed by atoms with Crippen molar-refractivity contribution in [2.75, 3.05) is 31.6 Å². The van der Waals surface area contributed by atoms with Crippen LogP contribution in [0.4, 0.5) is 5.69 Å². The number of amides is 1. The van der Waals surface area contributed by atoms with Crippen LogP contribution in [0.3, 0.4) is 0 Å². The van der Waals surface area contributed by atoms with Crippen LogP contribution in [0.1, 0.15) is 21.5 Å². The Morgan fingerprint density at radius 2 is 1.96 bits per heavy atom. The van der Waals surface area contributed by atoms with E-state index in [1.54, 1.807) is 12.1 Å². The van der Waals surface area contributed by atoms with Crippen LogP contribution in [-0.2, 0) is 0 Å². The van der Waals surface area contributed by atoms with Crippen LogP contribution in [-0.4, -0.2) is 37.3 Å². The largest absolute Gasteiger partial charge is 0.491 e. The van der Waals surface area contributed by atoms with Crippen LogP contribution >= 0.6 is 0 Å². The molecule has 1 amide bonds. The summed E-state index contributed by atoms with van der Waals surface area (Å²) in [4.78, 5) is 11.9. The van der Waals surface area contributed by atoms with Crippen molar-refractivity contribution in [1.29, 1.82) is 0 Å². The molecular formula is C19H24N2O3. The van der Waals surface area contributed by atoms with E-state index in [0.29, 0.717) is 18.7 Å². The highest BCUT2D eigenvalue weighted by Crippen LogP contribution is 2.19. The van der Waals surface area contributed by atoms with E-state index in [1.165, 1.54) is 5.56 Å². The Morgan fingerprint density at radius 1 is 1.12 bits per heavy atom. The maximum Gasteiger partial charge on any atom is 0.251 e. The fourth-order valence-corrected chi connectivity index (χ4v) is 2.26. The first-order valence-corrected chi connectivity index (χ1v) is 8.03. The second-order valence-corrected chi connectivity index (χ2v) is 5.60. The van der Waals surface area contributed by atoms with Gasteiger partial charge >= 0.3 is 0 Å². The van der Waals surface area contributed by atoms with Gasteiger partial charge in [0.1, 0.15) is 12.4 Å². The molecule has 0 spiro atoms. The van der Waals surface area contributed by atoms with Gasteiger partial charge < -0.3 is 20.5 Å². The molecule has 0 bridgehead atoms. The van der Waals surface area contributed by atoms with E-state index in [9.17, 15) is 4.79 Å². The maximum absolute atomic E-state index is 11.9. The smallest absolute Gasteiger partial charge is 0.251 e. The van der Waals surface area contributed by atoms with Gasteiger partial charge in [0.2, 0.25) is 0 Å². The minimum absolute atomic E-state index is 0.0700. The Bertz CT molecular complexity index is 686. The Labute approximate surface area is 142 Å². The summed E-state index contributed by atoms with van der Waals surface area (Å²) in [6.45, 7) is 5.41. The summed E-state index contributed by atoms with van der Waals surface area (Å²) >= 11 is 0. The Hall–Kier alpha value is -2.53. The molecule has 0 radical (unpaired) electrons. The van der Waals surface area contributed by atoms with Crippen molar-refractivity contribution < 1.29 is 14.6 Å². The summed E-state index contributed by atoms with van der Waals surface area (Å²) in [6.07, 6.45) is 0. The predicted octanol–water partition coefficient (Wildman–Crippen LogP) is 2.52. The first-order chi connectivity index (χ1) is 11.6. The molecule has 0 heterocycles.